The van der Waals surface area contributed by atoms with Crippen LogP contribution in [-0.4, -0.2) is 36.5 Å². The zero-order valence-electron chi connectivity index (χ0n) is 9.77. The van der Waals surface area contributed by atoms with Gasteiger partial charge in [0, 0.05) is 11.3 Å². The smallest absolute Gasteiger partial charge is 0.234 e. The molecule has 0 aromatic heterocycles. The van der Waals surface area contributed by atoms with Crippen LogP contribution in [0, 0.1) is 0 Å². The first kappa shape index (κ1) is 12.8. The Labute approximate surface area is 96.8 Å². The Morgan fingerprint density at radius 2 is 2.20 bits per heavy atom. The van der Waals surface area contributed by atoms with Gasteiger partial charge in [0.15, 0.2) is 0 Å². The Kier molecular flexibility index (Phi) is 5.47. The lowest BCUT2D eigenvalue weighted by Crippen LogP contribution is -2.47. The monoisotopic (exact) mass is 230 g/mol. The van der Waals surface area contributed by atoms with Gasteiger partial charge in [-0.2, -0.15) is 11.8 Å². The van der Waals surface area contributed by atoms with Gasteiger partial charge in [-0.15, -0.1) is 0 Å². The van der Waals surface area contributed by atoms with Crippen molar-refractivity contribution in [2.75, 3.05) is 25.9 Å². The van der Waals surface area contributed by atoms with Crippen LogP contribution < -0.4 is 10.6 Å². The highest BCUT2D eigenvalue weighted by atomic mass is 32.2. The molecule has 1 saturated carbocycles. The fourth-order valence-corrected chi connectivity index (χ4v) is 2.64. The molecule has 0 bridgehead atoms. The molecule has 2 N–H and O–H groups in total. The molecular weight excluding hydrogens is 208 g/mol. The van der Waals surface area contributed by atoms with Crippen LogP contribution in [0.4, 0.5) is 0 Å². The van der Waals surface area contributed by atoms with Crippen molar-refractivity contribution >= 4 is 17.7 Å². The normalized spacial score (nSPS) is 18.3. The minimum atomic E-state index is 0.128. The molecule has 0 aromatic rings. The third-order valence-electron chi connectivity index (χ3n) is 3.02. The van der Waals surface area contributed by atoms with Gasteiger partial charge >= 0.3 is 0 Å². The van der Waals surface area contributed by atoms with E-state index in [-0.39, 0.29) is 5.91 Å². The molecule has 0 saturated heterocycles. The van der Waals surface area contributed by atoms with E-state index in [4.69, 9.17) is 0 Å². The second kappa shape index (κ2) is 6.38. The van der Waals surface area contributed by atoms with Crippen LogP contribution in [-0.2, 0) is 4.79 Å². The summed E-state index contributed by atoms with van der Waals surface area (Å²) in [4.78, 5) is 11.4. The predicted octanol–water partition coefficient (Wildman–Crippen LogP) is 1.39. The lowest BCUT2D eigenvalue weighted by Gasteiger charge is -2.40. The summed E-state index contributed by atoms with van der Waals surface area (Å²) in [6, 6.07) is 0. The van der Waals surface area contributed by atoms with Crippen LogP contribution in [0.25, 0.3) is 0 Å². The molecule has 1 aliphatic carbocycles. The fourth-order valence-electron chi connectivity index (χ4n) is 1.73. The summed E-state index contributed by atoms with van der Waals surface area (Å²) in [5.41, 5.74) is 0. The molecule has 0 atom stereocenters. The number of hydrogen-bond acceptors (Lipinski definition) is 3. The Morgan fingerprint density at radius 1 is 1.47 bits per heavy atom. The molecular formula is C11H22N2OS. The number of thioether (sulfide) groups is 1. The van der Waals surface area contributed by atoms with Gasteiger partial charge in [0.2, 0.25) is 5.91 Å². The molecule has 1 aliphatic rings. The quantitative estimate of drug-likeness (QED) is 0.649. The third-order valence-corrected chi connectivity index (χ3v) is 4.44. The molecule has 1 fully saturated rings. The number of carbonyl (C=O) groups excluding carboxylic acids is 1. The van der Waals surface area contributed by atoms with Crippen molar-refractivity contribution in [3.63, 3.8) is 0 Å². The molecule has 15 heavy (non-hydrogen) atoms. The molecule has 88 valence electrons. The lowest BCUT2D eigenvalue weighted by molar-refractivity contribution is -0.120. The summed E-state index contributed by atoms with van der Waals surface area (Å²) < 4.78 is 0.348. The molecule has 0 spiro atoms. The van der Waals surface area contributed by atoms with Crippen molar-refractivity contribution < 1.29 is 4.79 Å². The molecule has 0 radical (unpaired) electrons. The summed E-state index contributed by atoms with van der Waals surface area (Å²) in [5.74, 6) is 0.128. The highest BCUT2D eigenvalue weighted by molar-refractivity contribution is 8.00. The van der Waals surface area contributed by atoms with Gasteiger partial charge in [-0.3, -0.25) is 4.79 Å². The van der Waals surface area contributed by atoms with Crippen LogP contribution >= 0.6 is 11.8 Å². The van der Waals surface area contributed by atoms with Crippen LogP contribution in [0.3, 0.4) is 0 Å². The number of nitrogens with one attached hydrogen (secondary N) is 2. The number of carbonyl (C=O) groups is 1. The zero-order chi connectivity index (χ0) is 11.1. The van der Waals surface area contributed by atoms with Crippen molar-refractivity contribution in [2.45, 2.75) is 37.4 Å². The summed E-state index contributed by atoms with van der Waals surface area (Å²) >= 11 is 1.89. The maximum atomic E-state index is 11.4. The van der Waals surface area contributed by atoms with Gasteiger partial charge in [0.1, 0.15) is 0 Å². The van der Waals surface area contributed by atoms with Gasteiger partial charge in [0.25, 0.3) is 0 Å². The van der Waals surface area contributed by atoms with Crippen LogP contribution in [0.1, 0.15) is 32.6 Å². The number of amides is 1. The molecule has 1 rings (SSSR count). The lowest BCUT2D eigenvalue weighted by atomic mass is 9.84. The molecule has 4 heteroatoms. The fraction of sp³-hybridized carbons (Fsp3) is 0.909. The van der Waals surface area contributed by atoms with Crippen LogP contribution in [0.5, 0.6) is 0 Å². The molecule has 0 heterocycles. The Balaban J connectivity index is 2.10. The van der Waals surface area contributed by atoms with Crippen molar-refractivity contribution in [1.29, 1.82) is 0 Å². The Hall–Kier alpha value is -0.220. The molecule has 0 unspecified atom stereocenters. The highest BCUT2D eigenvalue weighted by Gasteiger charge is 2.36. The van der Waals surface area contributed by atoms with E-state index in [9.17, 15) is 4.79 Å². The van der Waals surface area contributed by atoms with Gasteiger partial charge in [-0.05, 0) is 32.1 Å². The van der Waals surface area contributed by atoms with E-state index in [1.165, 1.54) is 19.3 Å². The van der Waals surface area contributed by atoms with Crippen LogP contribution in [0.15, 0.2) is 0 Å². The van der Waals surface area contributed by atoms with Crippen LogP contribution in [0.2, 0.25) is 0 Å². The van der Waals surface area contributed by atoms with Gasteiger partial charge in [0.05, 0.1) is 6.54 Å². The van der Waals surface area contributed by atoms with Crippen molar-refractivity contribution in [2.24, 2.45) is 0 Å². The van der Waals surface area contributed by atoms with E-state index >= 15 is 0 Å². The zero-order valence-corrected chi connectivity index (χ0v) is 10.6. The Bertz CT molecular complexity index is 199. The molecule has 3 nitrogen and oxygen atoms in total. The SMILES string of the molecule is CCCNCC(=O)NCC1(SC)CCC1. The van der Waals surface area contributed by atoms with E-state index < -0.39 is 0 Å². The van der Waals surface area contributed by atoms with E-state index in [1.54, 1.807) is 0 Å². The maximum absolute atomic E-state index is 11.4. The average molecular weight is 230 g/mol. The van der Waals surface area contributed by atoms with E-state index in [2.05, 4.69) is 23.8 Å². The summed E-state index contributed by atoms with van der Waals surface area (Å²) in [6.07, 6.45) is 7.02. The van der Waals surface area contributed by atoms with Crippen molar-refractivity contribution in [3.8, 4) is 0 Å². The minimum absolute atomic E-state index is 0.128. The number of rotatable bonds is 7. The topological polar surface area (TPSA) is 41.1 Å². The average Bonchev–Trinajstić information content (AvgIpc) is 2.17. The largest absolute Gasteiger partial charge is 0.354 e. The van der Waals surface area contributed by atoms with Crippen molar-refractivity contribution in [1.82, 2.24) is 10.6 Å². The maximum Gasteiger partial charge on any atom is 0.234 e. The highest BCUT2D eigenvalue weighted by Crippen LogP contribution is 2.42. The van der Waals surface area contributed by atoms with E-state index in [0.717, 1.165) is 19.5 Å². The predicted molar refractivity (Wildman–Crippen MR) is 66.3 cm³/mol. The van der Waals surface area contributed by atoms with Gasteiger partial charge in [-0.25, -0.2) is 0 Å². The second-order valence-electron chi connectivity index (χ2n) is 4.19. The standard InChI is InChI=1S/C11H22N2OS/c1-3-7-12-8-10(14)13-9-11(15-2)5-4-6-11/h12H,3-9H2,1-2H3,(H,13,14). The first-order chi connectivity index (χ1) is 7.22. The molecule has 1 amide bonds. The van der Waals surface area contributed by atoms with Gasteiger partial charge in [-0.1, -0.05) is 13.3 Å². The summed E-state index contributed by atoms with van der Waals surface area (Å²) in [6.45, 7) is 4.31. The summed E-state index contributed by atoms with van der Waals surface area (Å²) in [5, 5.41) is 6.12. The number of hydrogen-bond donors (Lipinski definition) is 2. The van der Waals surface area contributed by atoms with Crippen molar-refractivity contribution in [3.05, 3.63) is 0 Å². The second-order valence-corrected chi connectivity index (χ2v) is 5.47. The first-order valence-electron chi connectivity index (χ1n) is 5.75. The van der Waals surface area contributed by atoms with Gasteiger partial charge < -0.3 is 10.6 Å². The first-order valence-corrected chi connectivity index (χ1v) is 6.97. The summed E-state index contributed by atoms with van der Waals surface area (Å²) in [7, 11) is 0. The molecule has 0 aliphatic heterocycles. The van der Waals surface area contributed by atoms with E-state index in [0.29, 0.717) is 11.3 Å². The molecule has 0 aromatic carbocycles. The van der Waals surface area contributed by atoms with E-state index in [1.807, 2.05) is 11.8 Å². The third kappa shape index (κ3) is 4.03. The Morgan fingerprint density at radius 3 is 2.67 bits per heavy atom. The minimum Gasteiger partial charge on any atom is -0.354 e.